The molecule has 0 atom stereocenters. The molecule has 0 radical (unpaired) electrons. The highest BCUT2D eigenvalue weighted by Crippen LogP contribution is 2.12. The smallest absolute Gasteiger partial charge is 0.225 e. The van der Waals surface area contributed by atoms with Crippen molar-refractivity contribution in [2.24, 2.45) is 11.8 Å². The number of hydrogen-bond donors (Lipinski definition) is 0. The maximum atomic E-state index is 12.3. The highest BCUT2D eigenvalue weighted by atomic mass is 16.2. The van der Waals surface area contributed by atoms with Crippen molar-refractivity contribution < 1.29 is 4.79 Å². The summed E-state index contributed by atoms with van der Waals surface area (Å²) in [5.74, 6) is 0.778. The molecule has 2 nitrogen and oxygen atoms in total. The molecule has 0 bridgehead atoms. The van der Waals surface area contributed by atoms with E-state index in [0.717, 1.165) is 6.54 Å². The molecule has 0 unspecified atom stereocenters. The summed E-state index contributed by atoms with van der Waals surface area (Å²) in [4.78, 5) is 14.2. The van der Waals surface area contributed by atoms with Gasteiger partial charge in [0.25, 0.3) is 0 Å². The predicted molar refractivity (Wildman–Crippen MR) is 86.3 cm³/mol. The normalized spacial score (nSPS) is 12.1. The Balaban J connectivity index is 2.78. The van der Waals surface area contributed by atoms with Crippen molar-refractivity contribution in [2.45, 2.75) is 34.6 Å². The van der Waals surface area contributed by atoms with Gasteiger partial charge in [-0.25, -0.2) is 0 Å². The van der Waals surface area contributed by atoms with Gasteiger partial charge in [0.05, 0.1) is 0 Å². The van der Waals surface area contributed by atoms with E-state index in [2.05, 4.69) is 39.0 Å². The van der Waals surface area contributed by atoms with Gasteiger partial charge in [-0.15, -0.1) is 0 Å². The van der Waals surface area contributed by atoms with Gasteiger partial charge in [-0.2, -0.15) is 0 Å². The van der Waals surface area contributed by atoms with Crippen LogP contribution >= 0.6 is 0 Å². The number of nitrogens with zero attached hydrogens (tertiary/aromatic N) is 1. The zero-order valence-corrected chi connectivity index (χ0v) is 13.4. The molecule has 1 rings (SSSR count). The molecule has 1 amide bonds. The van der Waals surface area contributed by atoms with E-state index in [0.29, 0.717) is 12.5 Å². The second kappa shape index (κ2) is 7.88. The first-order chi connectivity index (χ1) is 9.40. The average molecular weight is 273 g/mol. The lowest BCUT2D eigenvalue weighted by atomic mass is 10.1. The third kappa shape index (κ3) is 5.60. The average Bonchev–Trinajstić information content (AvgIpc) is 2.37. The SMILES string of the molecule is C/C(=C\c1ccccc1)CN(CC(C)C)C(=O)C(C)C. The van der Waals surface area contributed by atoms with Crippen molar-refractivity contribution in [3.63, 3.8) is 0 Å². The molecule has 110 valence electrons. The van der Waals surface area contributed by atoms with Gasteiger partial charge in [0.15, 0.2) is 0 Å². The van der Waals surface area contributed by atoms with Crippen LogP contribution in [0.4, 0.5) is 0 Å². The summed E-state index contributed by atoms with van der Waals surface area (Å²) in [6.07, 6.45) is 2.15. The van der Waals surface area contributed by atoms with Crippen molar-refractivity contribution in [1.82, 2.24) is 4.90 Å². The molecule has 20 heavy (non-hydrogen) atoms. The minimum Gasteiger partial charge on any atom is -0.338 e. The Bertz CT molecular complexity index is 446. The Morgan fingerprint density at radius 1 is 1.15 bits per heavy atom. The lowest BCUT2D eigenvalue weighted by Crippen LogP contribution is -2.38. The highest BCUT2D eigenvalue weighted by Gasteiger charge is 2.18. The van der Waals surface area contributed by atoms with Crippen LogP contribution in [0, 0.1) is 11.8 Å². The molecule has 2 heteroatoms. The fourth-order valence-corrected chi connectivity index (χ4v) is 2.22. The van der Waals surface area contributed by atoms with Gasteiger partial charge in [-0.3, -0.25) is 4.79 Å². The zero-order valence-electron chi connectivity index (χ0n) is 13.4. The molecule has 0 fully saturated rings. The summed E-state index contributed by atoms with van der Waals surface area (Å²) >= 11 is 0. The third-order valence-electron chi connectivity index (χ3n) is 3.04. The van der Waals surface area contributed by atoms with E-state index in [4.69, 9.17) is 0 Å². The van der Waals surface area contributed by atoms with E-state index in [1.807, 2.05) is 36.9 Å². The minimum atomic E-state index is 0.0540. The Morgan fingerprint density at radius 3 is 2.25 bits per heavy atom. The maximum Gasteiger partial charge on any atom is 0.225 e. The molecule has 0 saturated heterocycles. The van der Waals surface area contributed by atoms with E-state index in [-0.39, 0.29) is 11.8 Å². The number of rotatable bonds is 6. The van der Waals surface area contributed by atoms with E-state index in [1.165, 1.54) is 11.1 Å². The first-order valence-corrected chi connectivity index (χ1v) is 7.41. The maximum absolute atomic E-state index is 12.3. The molecule has 0 aliphatic carbocycles. The topological polar surface area (TPSA) is 20.3 Å². The lowest BCUT2D eigenvalue weighted by molar-refractivity contribution is -0.134. The molecule has 0 aliphatic rings. The second-order valence-electron chi connectivity index (χ2n) is 6.17. The molecular formula is C18H27NO. The molecule has 0 spiro atoms. The van der Waals surface area contributed by atoms with Crippen LogP contribution in [-0.4, -0.2) is 23.9 Å². The first kappa shape index (κ1) is 16.5. The quantitative estimate of drug-likeness (QED) is 0.759. The van der Waals surface area contributed by atoms with Gasteiger partial charge < -0.3 is 4.90 Å². The summed E-state index contributed by atoms with van der Waals surface area (Å²) in [5.41, 5.74) is 2.40. The van der Waals surface area contributed by atoms with Crippen molar-refractivity contribution in [3.8, 4) is 0 Å². The third-order valence-corrected chi connectivity index (χ3v) is 3.04. The van der Waals surface area contributed by atoms with Crippen LogP contribution in [0.2, 0.25) is 0 Å². The van der Waals surface area contributed by atoms with Crippen LogP contribution in [0.15, 0.2) is 35.9 Å². The first-order valence-electron chi connectivity index (χ1n) is 7.41. The van der Waals surface area contributed by atoms with Crippen molar-refractivity contribution in [2.75, 3.05) is 13.1 Å². The second-order valence-corrected chi connectivity index (χ2v) is 6.17. The fraction of sp³-hybridized carbons (Fsp3) is 0.500. The molecule has 0 aliphatic heterocycles. The number of carbonyl (C=O) groups excluding carboxylic acids is 1. The highest BCUT2D eigenvalue weighted by molar-refractivity contribution is 5.78. The van der Waals surface area contributed by atoms with Crippen molar-refractivity contribution in [1.29, 1.82) is 0 Å². The summed E-state index contributed by atoms with van der Waals surface area (Å²) in [6, 6.07) is 10.2. The van der Waals surface area contributed by atoms with Gasteiger partial charge in [-0.05, 0) is 18.4 Å². The van der Waals surface area contributed by atoms with Gasteiger partial charge in [0.2, 0.25) is 5.91 Å². The number of carbonyl (C=O) groups is 1. The van der Waals surface area contributed by atoms with E-state index < -0.39 is 0 Å². The van der Waals surface area contributed by atoms with Crippen molar-refractivity contribution in [3.05, 3.63) is 41.5 Å². The van der Waals surface area contributed by atoms with E-state index in [1.54, 1.807) is 0 Å². The summed E-state index contributed by atoms with van der Waals surface area (Å²) in [6.45, 7) is 11.8. The largest absolute Gasteiger partial charge is 0.338 e. The fourth-order valence-electron chi connectivity index (χ4n) is 2.22. The van der Waals surface area contributed by atoms with Gasteiger partial charge in [-0.1, -0.05) is 69.7 Å². The molecule has 1 aromatic carbocycles. The van der Waals surface area contributed by atoms with Crippen LogP contribution in [0.1, 0.15) is 40.2 Å². The van der Waals surface area contributed by atoms with E-state index >= 15 is 0 Å². The Kier molecular flexibility index (Phi) is 6.50. The van der Waals surface area contributed by atoms with Crippen molar-refractivity contribution >= 4 is 12.0 Å². The van der Waals surface area contributed by atoms with E-state index in [9.17, 15) is 4.79 Å². The van der Waals surface area contributed by atoms with Gasteiger partial charge in [0.1, 0.15) is 0 Å². The van der Waals surface area contributed by atoms with Gasteiger partial charge in [0, 0.05) is 19.0 Å². The summed E-state index contributed by atoms with van der Waals surface area (Å²) in [7, 11) is 0. The molecule has 0 saturated carbocycles. The summed E-state index contributed by atoms with van der Waals surface area (Å²) < 4.78 is 0. The molecule has 0 aromatic heterocycles. The molecule has 0 N–H and O–H groups in total. The van der Waals surface area contributed by atoms with Gasteiger partial charge >= 0.3 is 0 Å². The lowest BCUT2D eigenvalue weighted by Gasteiger charge is -2.26. The monoisotopic (exact) mass is 273 g/mol. The standard InChI is InChI=1S/C18H27NO/c1-14(2)12-19(18(20)15(3)4)13-16(5)11-17-9-7-6-8-10-17/h6-11,14-15H,12-13H2,1-5H3/b16-11+. The molecule has 1 aromatic rings. The van der Waals surface area contributed by atoms with Crippen LogP contribution in [-0.2, 0) is 4.79 Å². The Morgan fingerprint density at radius 2 is 1.75 bits per heavy atom. The summed E-state index contributed by atoms with van der Waals surface area (Å²) in [5, 5.41) is 0. The Labute approximate surface area is 123 Å². The number of benzene rings is 1. The zero-order chi connectivity index (χ0) is 15.1. The van der Waals surface area contributed by atoms with Crippen LogP contribution in [0.3, 0.4) is 0 Å². The molecular weight excluding hydrogens is 246 g/mol. The van der Waals surface area contributed by atoms with Crippen LogP contribution in [0.25, 0.3) is 6.08 Å². The number of amides is 1. The molecule has 0 heterocycles. The predicted octanol–water partition coefficient (Wildman–Crippen LogP) is 4.23. The van der Waals surface area contributed by atoms with Crippen LogP contribution < -0.4 is 0 Å². The van der Waals surface area contributed by atoms with Crippen LogP contribution in [0.5, 0.6) is 0 Å². The number of hydrogen-bond acceptors (Lipinski definition) is 1. The minimum absolute atomic E-state index is 0.0540. The Hall–Kier alpha value is -1.57.